The van der Waals surface area contributed by atoms with E-state index < -0.39 is 40.0 Å². The number of hydrogen-bond acceptors (Lipinski definition) is 5. The second-order valence-corrected chi connectivity index (χ2v) is 7.99. The molecule has 0 aliphatic rings. The zero-order valence-corrected chi connectivity index (χ0v) is 17.8. The van der Waals surface area contributed by atoms with E-state index >= 15 is 0 Å². The van der Waals surface area contributed by atoms with Crippen molar-refractivity contribution in [2.24, 2.45) is 7.05 Å². The molecule has 162 valence electrons. The molecule has 2 amide bonds. The molecule has 0 radical (unpaired) electrons. The third-order valence-corrected chi connectivity index (χ3v) is 4.44. The van der Waals surface area contributed by atoms with Gasteiger partial charge in [0.15, 0.2) is 5.69 Å². The maximum Gasteiger partial charge on any atom is 0.296 e. The smallest absolute Gasteiger partial charge is 0.296 e. The number of amides is 2. The van der Waals surface area contributed by atoms with Crippen molar-refractivity contribution in [3.05, 3.63) is 57.0 Å². The van der Waals surface area contributed by atoms with Crippen LogP contribution in [0.5, 0.6) is 5.75 Å². The number of aromatic hydroxyl groups is 1. The first-order valence-electron chi connectivity index (χ1n) is 9.62. The Bertz CT molecular complexity index is 1020. The van der Waals surface area contributed by atoms with E-state index in [1.54, 1.807) is 0 Å². The Kier molecular flexibility index (Phi) is 6.96. The fourth-order valence-electron chi connectivity index (χ4n) is 2.93. The molecule has 0 saturated carbocycles. The highest BCUT2D eigenvalue weighted by atomic mass is 19.1. The number of rotatable bonds is 6. The van der Waals surface area contributed by atoms with Crippen molar-refractivity contribution in [1.82, 2.24) is 20.2 Å². The molecule has 8 nitrogen and oxygen atoms in total. The van der Waals surface area contributed by atoms with Crippen molar-refractivity contribution in [2.75, 3.05) is 6.54 Å². The van der Waals surface area contributed by atoms with Crippen molar-refractivity contribution in [1.29, 1.82) is 0 Å². The molecule has 0 bridgehead atoms. The third kappa shape index (κ3) is 5.03. The van der Waals surface area contributed by atoms with E-state index in [1.165, 1.54) is 23.7 Å². The van der Waals surface area contributed by atoms with Gasteiger partial charge in [0.25, 0.3) is 17.4 Å². The molecular weight excluding hydrogens is 391 g/mol. The van der Waals surface area contributed by atoms with Crippen LogP contribution in [0, 0.1) is 5.82 Å². The van der Waals surface area contributed by atoms with Crippen molar-refractivity contribution in [3.63, 3.8) is 0 Å². The molecule has 0 fully saturated rings. The van der Waals surface area contributed by atoms with Gasteiger partial charge in [-0.25, -0.2) is 9.37 Å². The summed E-state index contributed by atoms with van der Waals surface area (Å²) in [7, 11) is 1.47. The number of halogens is 1. The molecule has 0 unspecified atom stereocenters. The zero-order chi connectivity index (χ0) is 22.6. The van der Waals surface area contributed by atoms with Gasteiger partial charge in [-0.3, -0.25) is 19.0 Å². The Morgan fingerprint density at radius 2 is 1.87 bits per heavy atom. The van der Waals surface area contributed by atoms with Gasteiger partial charge in [-0.05, 0) is 24.1 Å². The van der Waals surface area contributed by atoms with Crippen LogP contribution in [0.1, 0.15) is 66.4 Å². The normalized spacial score (nSPS) is 11.3. The van der Waals surface area contributed by atoms with E-state index in [0.29, 0.717) is 17.9 Å². The first-order chi connectivity index (χ1) is 14.0. The first-order valence-corrected chi connectivity index (χ1v) is 9.62. The molecule has 30 heavy (non-hydrogen) atoms. The molecular formula is C21H27FN4O4. The van der Waals surface area contributed by atoms with Crippen molar-refractivity contribution < 1.29 is 19.1 Å². The van der Waals surface area contributed by atoms with E-state index in [0.717, 1.165) is 12.5 Å². The minimum atomic E-state index is -0.778. The predicted octanol–water partition coefficient (Wildman–Crippen LogP) is 1.99. The molecule has 0 saturated heterocycles. The van der Waals surface area contributed by atoms with Crippen LogP contribution in [0.15, 0.2) is 23.0 Å². The Hall–Kier alpha value is -3.23. The number of nitrogens with zero attached hydrogens (tertiary/aromatic N) is 2. The molecule has 1 aromatic heterocycles. The lowest BCUT2D eigenvalue weighted by Gasteiger charge is -2.21. The fraction of sp³-hybridized carbons (Fsp3) is 0.429. The van der Waals surface area contributed by atoms with E-state index in [2.05, 4.69) is 15.6 Å². The Morgan fingerprint density at radius 1 is 1.20 bits per heavy atom. The highest BCUT2D eigenvalue weighted by molar-refractivity contribution is 5.97. The van der Waals surface area contributed by atoms with Crippen LogP contribution in [-0.4, -0.2) is 33.0 Å². The summed E-state index contributed by atoms with van der Waals surface area (Å²) in [6.07, 6.45) is 0.719. The summed E-state index contributed by atoms with van der Waals surface area (Å²) in [6.45, 7) is 7.69. The topological polar surface area (TPSA) is 113 Å². The van der Waals surface area contributed by atoms with Crippen molar-refractivity contribution >= 4 is 11.8 Å². The van der Waals surface area contributed by atoms with Gasteiger partial charge in [0, 0.05) is 31.1 Å². The van der Waals surface area contributed by atoms with E-state index in [9.17, 15) is 23.9 Å². The molecule has 2 aromatic rings. The molecule has 3 N–H and O–H groups in total. The highest BCUT2D eigenvalue weighted by Gasteiger charge is 2.26. The van der Waals surface area contributed by atoms with Gasteiger partial charge in [-0.2, -0.15) is 0 Å². The Balaban J connectivity index is 2.32. The summed E-state index contributed by atoms with van der Waals surface area (Å²) < 4.78 is 14.8. The molecule has 1 aromatic carbocycles. The zero-order valence-electron chi connectivity index (χ0n) is 17.8. The lowest BCUT2D eigenvalue weighted by atomic mass is 9.95. The molecule has 2 rings (SSSR count). The maximum absolute atomic E-state index is 13.6. The predicted molar refractivity (Wildman–Crippen MR) is 110 cm³/mol. The first kappa shape index (κ1) is 23.1. The molecule has 0 atom stereocenters. The van der Waals surface area contributed by atoms with E-state index in [4.69, 9.17) is 0 Å². The second-order valence-electron chi connectivity index (χ2n) is 7.99. The fourth-order valence-corrected chi connectivity index (χ4v) is 2.93. The number of benzene rings is 1. The van der Waals surface area contributed by atoms with E-state index in [-0.39, 0.29) is 12.1 Å². The number of carbonyl (C=O) groups excluding carboxylic acids is 2. The van der Waals surface area contributed by atoms with Gasteiger partial charge < -0.3 is 15.7 Å². The van der Waals surface area contributed by atoms with Crippen LogP contribution in [0.2, 0.25) is 0 Å². The minimum Gasteiger partial charge on any atom is -0.501 e. The van der Waals surface area contributed by atoms with Gasteiger partial charge in [0.2, 0.25) is 5.75 Å². The minimum absolute atomic E-state index is 0.0975. The van der Waals surface area contributed by atoms with Crippen LogP contribution in [0.25, 0.3) is 0 Å². The standard InChI is InChI=1S/C21H27FN4O4/c1-6-9-23-17(28)14-10-13(22)8-7-12(14)11-24-18(29)15-16(27)19(30)26(5)20(25-15)21(2,3)4/h7-8,10,27H,6,9,11H2,1-5H3,(H,23,28)(H,24,29). The Morgan fingerprint density at radius 3 is 2.47 bits per heavy atom. The van der Waals surface area contributed by atoms with E-state index in [1.807, 2.05) is 27.7 Å². The molecule has 0 spiro atoms. The molecule has 0 aliphatic carbocycles. The SMILES string of the molecule is CCCNC(=O)c1cc(F)ccc1CNC(=O)c1nc(C(C)(C)C)n(C)c(=O)c1O. The van der Waals surface area contributed by atoms with Gasteiger partial charge in [-0.15, -0.1) is 0 Å². The van der Waals surface area contributed by atoms with Gasteiger partial charge >= 0.3 is 0 Å². The molecule has 1 heterocycles. The average Bonchev–Trinajstić information content (AvgIpc) is 2.68. The summed E-state index contributed by atoms with van der Waals surface area (Å²) in [4.78, 5) is 41.4. The maximum atomic E-state index is 13.6. The lowest BCUT2D eigenvalue weighted by molar-refractivity contribution is 0.0929. The van der Waals surface area contributed by atoms with Crippen molar-refractivity contribution in [2.45, 2.75) is 46.1 Å². The average molecular weight is 418 g/mol. The summed E-state index contributed by atoms with van der Waals surface area (Å²) in [5.41, 5.74) is -1.19. The number of nitrogens with one attached hydrogen (secondary N) is 2. The van der Waals surface area contributed by atoms with Crippen LogP contribution in [0.4, 0.5) is 4.39 Å². The number of hydrogen-bond donors (Lipinski definition) is 3. The van der Waals surface area contributed by atoms with Crippen LogP contribution in [-0.2, 0) is 19.0 Å². The summed E-state index contributed by atoms with van der Waals surface area (Å²) in [6, 6.07) is 3.68. The summed E-state index contributed by atoms with van der Waals surface area (Å²) in [5.74, 6) is -2.24. The lowest BCUT2D eigenvalue weighted by Crippen LogP contribution is -2.34. The number of carbonyl (C=O) groups is 2. The number of aromatic nitrogens is 2. The van der Waals surface area contributed by atoms with Crippen molar-refractivity contribution in [3.8, 4) is 5.75 Å². The Labute approximate surface area is 174 Å². The monoisotopic (exact) mass is 418 g/mol. The van der Waals surface area contributed by atoms with Crippen LogP contribution >= 0.6 is 0 Å². The quantitative estimate of drug-likeness (QED) is 0.664. The van der Waals surface area contributed by atoms with Crippen LogP contribution in [0.3, 0.4) is 0 Å². The van der Waals surface area contributed by atoms with Gasteiger partial charge in [0.1, 0.15) is 11.6 Å². The van der Waals surface area contributed by atoms with Crippen LogP contribution < -0.4 is 16.2 Å². The molecule has 9 heteroatoms. The van der Waals surface area contributed by atoms with Gasteiger partial charge in [-0.1, -0.05) is 33.8 Å². The second kappa shape index (κ2) is 9.06. The largest absolute Gasteiger partial charge is 0.501 e. The third-order valence-electron chi connectivity index (χ3n) is 4.44. The summed E-state index contributed by atoms with van der Waals surface area (Å²) >= 11 is 0. The summed E-state index contributed by atoms with van der Waals surface area (Å²) in [5, 5.41) is 15.4. The highest BCUT2D eigenvalue weighted by Crippen LogP contribution is 2.21. The molecule has 0 aliphatic heterocycles. The van der Waals surface area contributed by atoms with Gasteiger partial charge in [0.05, 0.1) is 0 Å².